The summed E-state index contributed by atoms with van der Waals surface area (Å²) in [5, 5.41) is 11.5. The Balaban J connectivity index is 2.38. The summed E-state index contributed by atoms with van der Waals surface area (Å²) in [4.78, 5) is 3.86. The van der Waals surface area contributed by atoms with Gasteiger partial charge in [-0.2, -0.15) is 9.57 Å². The molecule has 0 amide bonds. The van der Waals surface area contributed by atoms with E-state index in [4.69, 9.17) is 5.26 Å². The molecular weight excluding hydrogens is 313 g/mol. The number of hydrogen-bond donors (Lipinski definition) is 0. The average molecular weight is 325 g/mol. The van der Waals surface area contributed by atoms with Crippen LogP contribution in [0.3, 0.4) is 0 Å². The molecule has 0 N–H and O–H groups in total. The number of aromatic nitrogens is 1. The molecule has 1 aromatic heterocycles. The Bertz CT molecular complexity index is 809. The van der Waals surface area contributed by atoms with E-state index in [9.17, 15) is 12.8 Å². The maximum atomic E-state index is 13.6. The van der Waals surface area contributed by atoms with Crippen LogP contribution in [-0.4, -0.2) is 24.8 Å². The van der Waals surface area contributed by atoms with Gasteiger partial charge in [0, 0.05) is 12.4 Å². The molecule has 0 spiro atoms. The van der Waals surface area contributed by atoms with Gasteiger partial charge in [-0.3, -0.25) is 0 Å². The van der Waals surface area contributed by atoms with Gasteiger partial charge in [-0.05, 0) is 19.1 Å². The van der Waals surface area contributed by atoms with E-state index in [1.807, 2.05) is 6.92 Å². The number of aryl methyl sites for hydroxylation is 1. The summed E-state index contributed by atoms with van der Waals surface area (Å²) in [5.41, 5.74) is 0.136. The maximum Gasteiger partial charge on any atom is 0.244 e. The summed E-state index contributed by atoms with van der Waals surface area (Å²) < 4.78 is 39.5. The predicted octanol–water partition coefficient (Wildman–Crippen LogP) is 2.28. The molecule has 0 radical (unpaired) electrons. The van der Waals surface area contributed by atoms with Crippen LogP contribution in [0.25, 0.3) is 0 Å². The third-order valence-corrected chi connectivity index (χ3v) is 5.49. The lowest BCUT2D eigenvalue weighted by molar-refractivity contribution is 0.461. The van der Waals surface area contributed by atoms with Gasteiger partial charge in [0.25, 0.3) is 0 Å². The van der Waals surface area contributed by atoms with Crippen molar-refractivity contribution in [2.24, 2.45) is 0 Å². The molecule has 0 bridgehead atoms. The Morgan fingerprint density at radius 3 is 2.76 bits per heavy atom. The quantitative estimate of drug-likeness (QED) is 0.864. The van der Waals surface area contributed by atoms with Crippen LogP contribution in [-0.2, 0) is 16.6 Å². The van der Waals surface area contributed by atoms with Crippen molar-refractivity contribution in [3.63, 3.8) is 0 Å². The highest BCUT2D eigenvalue weighted by Crippen LogP contribution is 2.22. The lowest BCUT2D eigenvalue weighted by Crippen LogP contribution is -2.27. The van der Waals surface area contributed by atoms with Gasteiger partial charge >= 0.3 is 0 Å². The zero-order valence-corrected chi connectivity index (χ0v) is 13.0. The van der Waals surface area contributed by atoms with Crippen molar-refractivity contribution in [3.05, 3.63) is 45.7 Å². The van der Waals surface area contributed by atoms with Crippen LogP contribution in [0.15, 0.2) is 28.5 Å². The summed E-state index contributed by atoms with van der Waals surface area (Å²) in [7, 11) is -2.59. The van der Waals surface area contributed by atoms with Crippen LogP contribution in [0.4, 0.5) is 4.39 Å². The molecule has 1 aromatic carbocycles. The van der Waals surface area contributed by atoms with Crippen molar-refractivity contribution in [1.82, 2.24) is 9.29 Å². The van der Waals surface area contributed by atoms with Crippen molar-refractivity contribution >= 4 is 21.4 Å². The fourth-order valence-electron chi connectivity index (χ4n) is 1.79. The molecule has 110 valence electrons. The molecule has 0 saturated carbocycles. The summed E-state index contributed by atoms with van der Waals surface area (Å²) in [5.74, 6) is -0.850. The summed E-state index contributed by atoms with van der Waals surface area (Å²) in [6, 6.07) is 5.15. The van der Waals surface area contributed by atoms with Crippen molar-refractivity contribution in [2.75, 3.05) is 7.05 Å². The topological polar surface area (TPSA) is 74.1 Å². The largest absolute Gasteiger partial charge is 0.245 e. The van der Waals surface area contributed by atoms with Gasteiger partial charge in [0.1, 0.15) is 22.3 Å². The van der Waals surface area contributed by atoms with Crippen molar-refractivity contribution in [2.45, 2.75) is 18.4 Å². The Labute approximate surface area is 126 Å². The van der Waals surface area contributed by atoms with Crippen molar-refractivity contribution < 1.29 is 12.8 Å². The van der Waals surface area contributed by atoms with E-state index in [0.717, 1.165) is 15.4 Å². The molecule has 0 unspecified atom stereocenters. The smallest absolute Gasteiger partial charge is 0.244 e. The molecule has 0 fully saturated rings. The number of thiazole rings is 1. The molecule has 21 heavy (non-hydrogen) atoms. The molecule has 5 nitrogen and oxygen atoms in total. The molecule has 0 aliphatic carbocycles. The zero-order chi connectivity index (χ0) is 15.6. The van der Waals surface area contributed by atoms with E-state index in [1.54, 1.807) is 11.4 Å². The highest BCUT2D eigenvalue weighted by Gasteiger charge is 2.26. The van der Waals surface area contributed by atoms with Crippen LogP contribution in [0.1, 0.15) is 16.3 Å². The molecular formula is C13H12FN3O2S2. The van der Waals surface area contributed by atoms with Gasteiger partial charge < -0.3 is 0 Å². The zero-order valence-electron chi connectivity index (χ0n) is 11.4. The minimum absolute atomic E-state index is 0.0635. The first-order valence-corrected chi connectivity index (χ1v) is 8.24. The monoisotopic (exact) mass is 325 g/mol. The Morgan fingerprint density at radius 2 is 2.19 bits per heavy atom. The van der Waals surface area contributed by atoms with Crippen molar-refractivity contribution in [1.29, 1.82) is 5.26 Å². The van der Waals surface area contributed by atoms with E-state index in [0.29, 0.717) is 5.69 Å². The van der Waals surface area contributed by atoms with Crippen LogP contribution in [0.5, 0.6) is 0 Å². The summed E-state index contributed by atoms with van der Waals surface area (Å²) in [6.07, 6.45) is 0. The highest BCUT2D eigenvalue weighted by atomic mass is 32.2. The van der Waals surface area contributed by atoms with Gasteiger partial charge in [-0.1, -0.05) is 6.07 Å². The van der Waals surface area contributed by atoms with Crippen LogP contribution in [0.2, 0.25) is 0 Å². The second kappa shape index (κ2) is 5.89. The Morgan fingerprint density at radius 1 is 1.48 bits per heavy atom. The van der Waals surface area contributed by atoms with Gasteiger partial charge in [0.05, 0.1) is 17.2 Å². The van der Waals surface area contributed by atoms with Crippen molar-refractivity contribution in [3.8, 4) is 6.07 Å². The Kier molecular flexibility index (Phi) is 4.37. The standard InChI is InChI=1S/C13H12FN3O2S2/c1-9-16-10(8-20-9)7-17(2)21(18,19)13-5-3-4-12(14)11(13)6-15/h3-5,8H,7H2,1-2H3. The van der Waals surface area contributed by atoms with Crippen LogP contribution < -0.4 is 0 Å². The fraction of sp³-hybridized carbons (Fsp3) is 0.231. The number of nitriles is 1. The van der Waals surface area contributed by atoms with E-state index >= 15 is 0 Å². The molecule has 0 saturated heterocycles. The molecule has 0 atom stereocenters. The number of hydrogen-bond acceptors (Lipinski definition) is 5. The van der Waals surface area contributed by atoms with E-state index < -0.39 is 21.4 Å². The predicted molar refractivity (Wildman–Crippen MR) is 76.6 cm³/mol. The first-order chi connectivity index (χ1) is 9.86. The lowest BCUT2D eigenvalue weighted by atomic mass is 10.2. The van der Waals surface area contributed by atoms with E-state index in [2.05, 4.69) is 4.98 Å². The molecule has 1 heterocycles. The van der Waals surface area contributed by atoms with Crippen LogP contribution in [0, 0.1) is 24.1 Å². The normalized spacial score (nSPS) is 11.6. The second-order valence-electron chi connectivity index (χ2n) is 4.34. The SMILES string of the molecule is Cc1nc(CN(C)S(=O)(=O)c2cccc(F)c2C#N)cs1. The first kappa shape index (κ1) is 15.6. The second-order valence-corrected chi connectivity index (χ2v) is 7.42. The third-order valence-electron chi connectivity index (χ3n) is 2.83. The summed E-state index contributed by atoms with van der Waals surface area (Å²) in [6.45, 7) is 1.89. The molecule has 0 aliphatic heterocycles. The van der Waals surface area contributed by atoms with Gasteiger partial charge in [-0.15, -0.1) is 11.3 Å². The minimum Gasteiger partial charge on any atom is -0.245 e. The minimum atomic E-state index is -3.96. The number of benzene rings is 1. The maximum absolute atomic E-state index is 13.6. The Hall–Kier alpha value is -1.82. The summed E-state index contributed by atoms with van der Waals surface area (Å²) >= 11 is 1.42. The number of halogens is 1. The average Bonchev–Trinajstić information content (AvgIpc) is 2.83. The number of sulfonamides is 1. The molecule has 2 rings (SSSR count). The molecule has 0 aliphatic rings. The third kappa shape index (κ3) is 3.10. The first-order valence-electron chi connectivity index (χ1n) is 5.92. The highest BCUT2D eigenvalue weighted by molar-refractivity contribution is 7.89. The van der Waals surface area contributed by atoms with E-state index in [1.165, 1.54) is 30.5 Å². The molecule has 8 heteroatoms. The number of nitrogens with zero attached hydrogens (tertiary/aromatic N) is 3. The van der Waals surface area contributed by atoms with Crippen LogP contribution >= 0.6 is 11.3 Å². The van der Waals surface area contributed by atoms with Gasteiger partial charge in [0.2, 0.25) is 10.0 Å². The van der Waals surface area contributed by atoms with Gasteiger partial charge in [-0.25, -0.2) is 17.8 Å². The number of rotatable bonds is 4. The fourth-order valence-corrected chi connectivity index (χ4v) is 3.68. The van der Waals surface area contributed by atoms with E-state index in [-0.39, 0.29) is 11.4 Å². The molecule has 2 aromatic rings. The lowest BCUT2D eigenvalue weighted by Gasteiger charge is -2.17. The van der Waals surface area contributed by atoms with Gasteiger partial charge in [0.15, 0.2) is 0 Å².